The Kier molecular flexibility index (Phi) is 5.75. The highest BCUT2D eigenvalue weighted by molar-refractivity contribution is 5.75. The lowest BCUT2D eigenvalue weighted by Crippen LogP contribution is -2.33. The zero-order valence-corrected chi connectivity index (χ0v) is 17.8. The Morgan fingerprint density at radius 1 is 1.29 bits per heavy atom. The van der Waals surface area contributed by atoms with Crippen molar-refractivity contribution < 1.29 is 9.53 Å². The molecule has 160 valence electrons. The van der Waals surface area contributed by atoms with Crippen LogP contribution in [0.5, 0.6) is 5.75 Å². The molecule has 0 saturated heterocycles. The number of H-pyrrole nitrogens is 1. The second-order valence-electron chi connectivity index (χ2n) is 7.84. The van der Waals surface area contributed by atoms with E-state index < -0.39 is 0 Å². The van der Waals surface area contributed by atoms with Crippen LogP contribution >= 0.6 is 0 Å². The van der Waals surface area contributed by atoms with Gasteiger partial charge in [-0.3, -0.25) is 14.6 Å². The zero-order valence-electron chi connectivity index (χ0n) is 17.8. The molecule has 0 saturated carbocycles. The molecule has 0 bridgehead atoms. The third kappa shape index (κ3) is 4.45. The van der Waals surface area contributed by atoms with Crippen LogP contribution < -0.4 is 26.6 Å². The minimum absolute atomic E-state index is 0.00745. The number of nitrogens with one attached hydrogen (secondary N) is 2. The van der Waals surface area contributed by atoms with Crippen molar-refractivity contribution in [1.82, 2.24) is 14.9 Å². The van der Waals surface area contributed by atoms with E-state index >= 15 is 0 Å². The van der Waals surface area contributed by atoms with Crippen LogP contribution in [-0.4, -0.2) is 21.6 Å². The van der Waals surface area contributed by atoms with E-state index in [1.807, 2.05) is 56.3 Å². The number of aromatic nitrogens is 2. The third-order valence-electron chi connectivity index (χ3n) is 5.57. The number of rotatable bonds is 7. The maximum Gasteiger partial charge on any atom is 0.274 e. The normalized spacial score (nSPS) is 13.0. The van der Waals surface area contributed by atoms with Crippen LogP contribution in [0.3, 0.4) is 0 Å². The summed E-state index contributed by atoms with van der Waals surface area (Å²) in [4.78, 5) is 31.3. The number of nitrogens with zero attached hydrogens (tertiary/aromatic N) is 2. The van der Waals surface area contributed by atoms with Crippen LogP contribution in [0.2, 0.25) is 0 Å². The lowest BCUT2D eigenvalue weighted by atomic mass is 10.0. The Balaban J connectivity index is 1.37. The van der Waals surface area contributed by atoms with Crippen molar-refractivity contribution in [2.75, 3.05) is 0 Å². The quantitative estimate of drug-likeness (QED) is 0.482. The van der Waals surface area contributed by atoms with Crippen molar-refractivity contribution in [1.29, 1.82) is 0 Å². The molecule has 1 atom stereocenters. The van der Waals surface area contributed by atoms with Gasteiger partial charge in [-0.2, -0.15) is 0 Å². The van der Waals surface area contributed by atoms with Gasteiger partial charge in [-0.15, -0.1) is 0 Å². The molecule has 1 unspecified atom stereocenters. The van der Waals surface area contributed by atoms with Crippen LogP contribution in [0.1, 0.15) is 36.5 Å². The first-order valence-electron chi connectivity index (χ1n) is 10.4. The molecule has 7 heteroatoms. The predicted octanol–water partition coefficient (Wildman–Crippen LogP) is 2.07. The predicted molar refractivity (Wildman–Crippen MR) is 119 cm³/mol. The number of imidazole rings is 1. The van der Waals surface area contributed by atoms with Crippen molar-refractivity contribution >= 4 is 18.2 Å². The largest absolute Gasteiger partial charge is 0.490 e. The van der Waals surface area contributed by atoms with Crippen LogP contribution in [0.4, 0.5) is 5.69 Å². The Morgan fingerprint density at radius 2 is 2.06 bits per heavy atom. The number of carbonyl (C=O) groups is 1. The molecule has 1 aliphatic rings. The van der Waals surface area contributed by atoms with Crippen molar-refractivity contribution in [3.8, 4) is 5.75 Å². The fourth-order valence-corrected chi connectivity index (χ4v) is 3.67. The molecular weight excluding hydrogens is 392 g/mol. The molecule has 1 amide bonds. The number of hydrogen-bond donors (Lipinski definition) is 2. The maximum absolute atomic E-state index is 12.2. The summed E-state index contributed by atoms with van der Waals surface area (Å²) < 4.78 is 7.91. The third-order valence-corrected chi connectivity index (χ3v) is 5.57. The molecule has 2 heterocycles. The zero-order chi connectivity index (χ0) is 22.0. The van der Waals surface area contributed by atoms with Gasteiger partial charge in [-0.25, -0.2) is 4.99 Å². The summed E-state index contributed by atoms with van der Waals surface area (Å²) in [5.74, 6) is 0.770. The smallest absolute Gasteiger partial charge is 0.274 e. The van der Waals surface area contributed by atoms with E-state index in [0.717, 1.165) is 28.1 Å². The van der Waals surface area contributed by atoms with Gasteiger partial charge in [0.2, 0.25) is 11.5 Å². The molecule has 3 aromatic rings. The highest BCUT2D eigenvalue weighted by Gasteiger charge is 2.18. The van der Waals surface area contributed by atoms with E-state index in [1.165, 1.54) is 0 Å². The first-order chi connectivity index (χ1) is 14.9. The van der Waals surface area contributed by atoms with Gasteiger partial charge >= 0.3 is 0 Å². The molecule has 0 radical (unpaired) electrons. The SMILES string of the molecule is C=c1c(=O)[nH]c2n1Cc1c(ccc(OC(C)CCC(=O)NCc3ccccc3)c1C)N=2. The Hall–Kier alpha value is -3.61. The Labute approximate surface area is 180 Å². The first-order valence-corrected chi connectivity index (χ1v) is 10.4. The summed E-state index contributed by atoms with van der Waals surface area (Å²) in [7, 11) is 0. The van der Waals surface area contributed by atoms with Gasteiger partial charge in [-0.1, -0.05) is 36.9 Å². The summed E-state index contributed by atoms with van der Waals surface area (Å²) in [5, 5.41) is 3.34. The lowest BCUT2D eigenvalue weighted by molar-refractivity contribution is -0.121. The summed E-state index contributed by atoms with van der Waals surface area (Å²) in [6.45, 7) is 8.83. The molecule has 2 aromatic carbocycles. The fraction of sp³-hybridized carbons (Fsp3) is 0.292. The van der Waals surface area contributed by atoms with E-state index in [9.17, 15) is 9.59 Å². The van der Waals surface area contributed by atoms with Gasteiger partial charge in [0.15, 0.2) is 0 Å². The van der Waals surface area contributed by atoms with Crippen LogP contribution in [0.15, 0.2) is 52.3 Å². The summed E-state index contributed by atoms with van der Waals surface area (Å²) in [5.41, 5.74) is 4.18. The summed E-state index contributed by atoms with van der Waals surface area (Å²) >= 11 is 0. The van der Waals surface area contributed by atoms with Crippen molar-refractivity contribution in [2.24, 2.45) is 4.99 Å². The lowest BCUT2D eigenvalue weighted by Gasteiger charge is -2.21. The Morgan fingerprint density at radius 3 is 2.84 bits per heavy atom. The fourth-order valence-electron chi connectivity index (χ4n) is 3.67. The van der Waals surface area contributed by atoms with Gasteiger partial charge < -0.3 is 14.6 Å². The molecule has 0 fully saturated rings. The van der Waals surface area contributed by atoms with Gasteiger partial charge in [0.05, 0.1) is 18.3 Å². The number of hydrogen-bond acceptors (Lipinski definition) is 4. The second-order valence-corrected chi connectivity index (χ2v) is 7.84. The average molecular weight is 418 g/mol. The molecule has 0 spiro atoms. The standard InChI is InChI=1S/C24H26N4O3/c1-15(9-12-22(29)25-13-18-7-5-4-6-8-18)31-21-11-10-20-19(16(21)2)14-28-17(3)23(30)27-24(28)26-20/h4-8,10-11,15H,3,9,12-14H2,1-2H3,(H,25,29)(H,26,27,30). The summed E-state index contributed by atoms with van der Waals surface area (Å²) in [6, 6.07) is 13.6. The number of benzene rings is 2. The number of fused-ring (bicyclic) bond motifs is 2. The maximum atomic E-state index is 12.2. The molecular formula is C24H26N4O3. The average Bonchev–Trinajstić information content (AvgIpc) is 3.05. The van der Waals surface area contributed by atoms with E-state index in [-0.39, 0.29) is 17.6 Å². The second kappa shape index (κ2) is 8.63. The molecule has 2 N–H and O–H groups in total. The molecule has 1 aliphatic heterocycles. The van der Waals surface area contributed by atoms with Crippen LogP contribution in [0, 0.1) is 6.92 Å². The molecule has 0 aliphatic carbocycles. The first kappa shape index (κ1) is 20.7. The minimum atomic E-state index is -0.222. The number of amides is 1. The highest BCUT2D eigenvalue weighted by atomic mass is 16.5. The summed E-state index contributed by atoms with van der Waals surface area (Å²) in [6.07, 6.45) is 0.889. The van der Waals surface area contributed by atoms with Crippen LogP contribution in [-0.2, 0) is 17.9 Å². The number of carbonyl (C=O) groups excluding carboxylic acids is 1. The van der Waals surface area contributed by atoms with Crippen molar-refractivity contribution in [3.05, 3.63) is 80.5 Å². The van der Waals surface area contributed by atoms with Gasteiger partial charge in [0, 0.05) is 18.5 Å². The molecule has 1 aromatic heterocycles. The number of aromatic amines is 1. The molecule has 4 rings (SSSR count). The van der Waals surface area contributed by atoms with Gasteiger partial charge in [0.25, 0.3) is 5.56 Å². The topological polar surface area (TPSA) is 88.5 Å². The molecule has 7 nitrogen and oxygen atoms in total. The molecule has 31 heavy (non-hydrogen) atoms. The van der Waals surface area contributed by atoms with E-state index in [1.54, 1.807) is 4.57 Å². The van der Waals surface area contributed by atoms with E-state index in [4.69, 9.17) is 4.74 Å². The highest BCUT2D eigenvalue weighted by Crippen LogP contribution is 2.32. The van der Waals surface area contributed by atoms with Gasteiger partial charge in [0.1, 0.15) is 11.1 Å². The van der Waals surface area contributed by atoms with Gasteiger partial charge in [-0.05, 0) is 43.5 Å². The minimum Gasteiger partial charge on any atom is -0.490 e. The van der Waals surface area contributed by atoms with Crippen LogP contribution in [0.25, 0.3) is 6.58 Å². The van der Waals surface area contributed by atoms with Crippen molar-refractivity contribution in [3.63, 3.8) is 0 Å². The van der Waals surface area contributed by atoms with E-state index in [0.29, 0.717) is 36.9 Å². The Bertz CT molecular complexity index is 1270. The number of ether oxygens (including phenoxy) is 1. The van der Waals surface area contributed by atoms with Crippen molar-refractivity contribution in [2.45, 2.75) is 45.9 Å². The monoisotopic (exact) mass is 418 g/mol. The van der Waals surface area contributed by atoms with E-state index in [2.05, 4.69) is 21.9 Å².